The van der Waals surface area contributed by atoms with E-state index < -0.39 is 0 Å². The van der Waals surface area contributed by atoms with Gasteiger partial charge in [0, 0.05) is 28.5 Å². The lowest BCUT2D eigenvalue weighted by atomic mass is 9.89. The second kappa shape index (κ2) is 10.0. The first-order chi connectivity index (χ1) is 14.3. The molecule has 0 saturated heterocycles. The predicted octanol–water partition coefficient (Wildman–Crippen LogP) is 7.18. The molecule has 1 atom stereocenters. The average molecular weight is 442 g/mol. The molecule has 3 aromatic rings. The summed E-state index contributed by atoms with van der Waals surface area (Å²) in [6, 6.07) is 22.8. The molecule has 0 radical (unpaired) electrons. The molecule has 30 heavy (non-hydrogen) atoms. The van der Waals surface area contributed by atoms with Crippen molar-refractivity contribution in [3.8, 4) is 5.75 Å². The van der Waals surface area contributed by atoms with Crippen molar-refractivity contribution < 1.29 is 9.53 Å². The summed E-state index contributed by atoms with van der Waals surface area (Å²) in [7, 11) is 2.01. The molecule has 3 aromatic carbocycles. The van der Waals surface area contributed by atoms with Gasteiger partial charge in [0.25, 0.3) is 0 Å². The molecular formula is C25H25Cl2NO2. The van der Waals surface area contributed by atoms with Crippen LogP contribution < -0.4 is 9.64 Å². The molecule has 0 bridgehead atoms. The van der Waals surface area contributed by atoms with Gasteiger partial charge in [0.05, 0.1) is 5.92 Å². The molecule has 5 heteroatoms. The van der Waals surface area contributed by atoms with Gasteiger partial charge in [-0.25, -0.2) is 0 Å². The first-order valence-electron chi connectivity index (χ1n) is 9.89. The van der Waals surface area contributed by atoms with Crippen LogP contribution in [0.3, 0.4) is 0 Å². The van der Waals surface area contributed by atoms with E-state index in [9.17, 15) is 4.79 Å². The number of carbonyl (C=O) groups excluding carboxylic acids is 1. The van der Waals surface area contributed by atoms with Crippen molar-refractivity contribution in [2.24, 2.45) is 11.8 Å². The lowest BCUT2D eigenvalue weighted by Gasteiger charge is -2.22. The largest absolute Gasteiger partial charge is 0.426 e. The third-order valence-electron chi connectivity index (χ3n) is 5.11. The molecule has 0 aliphatic heterocycles. The Bertz CT molecular complexity index is 985. The van der Waals surface area contributed by atoms with Crippen molar-refractivity contribution >= 4 is 40.5 Å². The molecule has 0 spiro atoms. The number of benzene rings is 3. The van der Waals surface area contributed by atoms with Crippen LogP contribution in [0.2, 0.25) is 10.0 Å². The first-order valence-corrected chi connectivity index (χ1v) is 10.6. The lowest BCUT2D eigenvalue weighted by Crippen LogP contribution is -2.27. The van der Waals surface area contributed by atoms with E-state index in [0.29, 0.717) is 22.2 Å². The standard InChI is InChI=1S/C25H25Cl2NO2/c1-17(2)24(25(29)30-23-13-9-20(27)10-14-23)16-18-5-4-6-22(15-18)28(3)21-11-7-19(26)8-12-21/h4-15,17,24H,16H2,1-3H3. The third kappa shape index (κ3) is 5.78. The Morgan fingerprint density at radius 2 is 1.50 bits per heavy atom. The van der Waals surface area contributed by atoms with Crippen molar-refractivity contribution in [1.29, 1.82) is 0 Å². The van der Waals surface area contributed by atoms with E-state index in [1.165, 1.54) is 0 Å². The fraction of sp³-hybridized carbons (Fsp3) is 0.240. The molecule has 3 rings (SSSR count). The Labute approximate surface area is 188 Å². The predicted molar refractivity (Wildman–Crippen MR) is 125 cm³/mol. The van der Waals surface area contributed by atoms with E-state index in [-0.39, 0.29) is 17.8 Å². The molecule has 0 aliphatic carbocycles. The lowest BCUT2D eigenvalue weighted by molar-refractivity contribution is -0.140. The molecule has 0 heterocycles. The maximum Gasteiger partial charge on any atom is 0.314 e. The third-order valence-corrected chi connectivity index (χ3v) is 5.61. The van der Waals surface area contributed by atoms with Crippen LogP contribution in [0, 0.1) is 11.8 Å². The summed E-state index contributed by atoms with van der Waals surface area (Å²) in [5, 5.41) is 1.32. The maximum atomic E-state index is 12.8. The zero-order valence-corrected chi connectivity index (χ0v) is 18.8. The van der Waals surface area contributed by atoms with E-state index >= 15 is 0 Å². The zero-order chi connectivity index (χ0) is 21.7. The number of carbonyl (C=O) groups is 1. The topological polar surface area (TPSA) is 29.5 Å². The Hall–Kier alpha value is -2.49. The molecule has 0 aliphatic rings. The van der Waals surface area contributed by atoms with Crippen LogP contribution in [0.1, 0.15) is 19.4 Å². The smallest absolute Gasteiger partial charge is 0.314 e. The summed E-state index contributed by atoms with van der Waals surface area (Å²) in [6.07, 6.45) is 0.604. The molecule has 0 aromatic heterocycles. The molecule has 0 N–H and O–H groups in total. The number of halogens is 2. The summed E-state index contributed by atoms with van der Waals surface area (Å²) in [5.74, 6) is 0.161. The molecule has 3 nitrogen and oxygen atoms in total. The molecule has 0 saturated carbocycles. The minimum atomic E-state index is -0.253. The zero-order valence-electron chi connectivity index (χ0n) is 17.3. The Morgan fingerprint density at radius 1 is 0.900 bits per heavy atom. The highest BCUT2D eigenvalue weighted by atomic mass is 35.5. The van der Waals surface area contributed by atoms with Gasteiger partial charge in [-0.3, -0.25) is 4.79 Å². The summed E-state index contributed by atoms with van der Waals surface area (Å²) in [6.45, 7) is 4.08. The number of nitrogens with zero attached hydrogens (tertiary/aromatic N) is 1. The van der Waals surface area contributed by atoms with Crippen molar-refractivity contribution in [2.75, 3.05) is 11.9 Å². The monoisotopic (exact) mass is 441 g/mol. The van der Waals surface area contributed by atoms with Crippen LogP contribution in [-0.4, -0.2) is 13.0 Å². The summed E-state index contributed by atoms with van der Waals surface area (Å²) < 4.78 is 5.60. The van der Waals surface area contributed by atoms with Gasteiger partial charge in [-0.2, -0.15) is 0 Å². The highest BCUT2D eigenvalue weighted by molar-refractivity contribution is 6.30. The van der Waals surface area contributed by atoms with E-state index in [2.05, 4.69) is 17.0 Å². The Balaban J connectivity index is 1.75. The normalized spacial score (nSPS) is 11.9. The van der Waals surface area contributed by atoms with Crippen LogP contribution in [0.25, 0.3) is 0 Å². The fourth-order valence-electron chi connectivity index (χ4n) is 3.25. The van der Waals surface area contributed by atoms with Gasteiger partial charge in [0.15, 0.2) is 0 Å². The van der Waals surface area contributed by atoms with Crippen molar-refractivity contribution in [1.82, 2.24) is 0 Å². The van der Waals surface area contributed by atoms with E-state index in [1.807, 2.05) is 57.3 Å². The molecule has 1 unspecified atom stereocenters. The molecular weight excluding hydrogens is 417 g/mol. The van der Waals surface area contributed by atoms with Gasteiger partial charge < -0.3 is 9.64 Å². The SMILES string of the molecule is CC(C)C(Cc1cccc(N(C)c2ccc(Cl)cc2)c1)C(=O)Oc1ccc(Cl)cc1. The average Bonchev–Trinajstić information content (AvgIpc) is 2.73. The number of esters is 1. The minimum Gasteiger partial charge on any atom is -0.426 e. The van der Waals surface area contributed by atoms with E-state index in [1.54, 1.807) is 24.3 Å². The Kier molecular flexibility index (Phi) is 7.41. The summed E-state index contributed by atoms with van der Waals surface area (Å²) >= 11 is 11.9. The van der Waals surface area contributed by atoms with E-state index in [4.69, 9.17) is 27.9 Å². The van der Waals surface area contributed by atoms with Crippen LogP contribution in [0.4, 0.5) is 11.4 Å². The Morgan fingerprint density at radius 3 is 2.10 bits per heavy atom. The van der Waals surface area contributed by atoms with Gasteiger partial charge >= 0.3 is 5.97 Å². The van der Waals surface area contributed by atoms with Crippen LogP contribution >= 0.6 is 23.2 Å². The van der Waals surface area contributed by atoms with Crippen molar-refractivity contribution in [3.63, 3.8) is 0 Å². The van der Waals surface area contributed by atoms with Gasteiger partial charge in [0.2, 0.25) is 0 Å². The number of hydrogen-bond donors (Lipinski definition) is 0. The molecule has 0 amide bonds. The van der Waals surface area contributed by atoms with Gasteiger partial charge in [-0.15, -0.1) is 0 Å². The van der Waals surface area contributed by atoms with Crippen molar-refractivity contribution in [2.45, 2.75) is 20.3 Å². The summed E-state index contributed by atoms with van der Waals surface area (Å²) in [5.41, 5.74) is 3.17. The van der Waals surface area contributed by atoms with Crippen LogP contribution in [0.15, 0.2) is 72.8 Å². The van der Waals surface area contributed by atoms with Crippen LogP contribution in [0.5, 0.6) is 5.75 Å². The van der Waals surface area contributed by atoms with Gasteiger partial charge in [0.1, 0.15) is 5.75 Å². The minimum absolute atomic E-state index is 0.141. The molecule has 156 valence electrons. The fourth-order valence-corrected chi connectivity index (χ4v) is 3.50. The van der Waals surface area contributed by atoms with Gasteiger partial charge in [-0.1, -0.05) is 49.2 Å². The maximum absolute atomic E-state index is 12.8. The second-order valence-electron chi connectivity index (χ2n) is 7.63. The quantitative estimate of drug-likeness (QED) is 0.287. The first kappa shape index (κ1) is 22.2. The summed E-state index contributed by atoms with van der Waals surface area (Å²) in [4.78, 5) is 14.9. The number of anilines is 2. The number of hydrogen-bond acceptors (Lipinski definition) is 3. The van der Waals surface area contributed by atoms with Gasteiger partial charge in [-0.05, 0) is 78.6 Å². The van der Waals surface area contributed by atoms with E-state index in [0.717, 1.165) is 16.9 Å². The highest BCUT2D eigenvalue weighted by Crippen LogP contribution is 2.28. The number of ether oxygens (including phenoxy) is 1. The molecule has 0 fully saturated rings. The highest BCUT2D eigenvalue weighted by Gasteiger charge is 2.25. The number of rotatable bonds is 7. The second-order valence-corrected chi connectivity index (χ2v) is 8.51. The van der Waals surface area contributed by atoms with Crippen molar-refractivity contribution in [3.05, 3.63) is 88.4 Å². The van der Waals surface area contributed by atoms with Crippen LogP contribution in [-0.2, 0) is 11.2 Å².